The zero-order valence-electron chi connectivity index (χ0n) is 10.2. The molecule has 0 aliphatic heterocycles. The molecule has 0 bridgehead atoms. The number of nitrogens with zero attached hydrogens (tertiary/aromatic N) is 1. The second-order valence-electron chi connectivity index (χ2n) is 4.06. The molecule has 1 rings (SSSR count). The summed E-state index contributed by atoms with van der Waals surface area (Å²) >= 11 is 3.24. The SMILES string of the molecule is CC(=O)N(O)CCC(c1ccccc1Br)P(=O)(O)O. The van der Waals surface area contributed by atoms with E-state index in [2.05, 4.69) is 15.9 Å². The first-order valence-electron chi connectivity index (χ1n) is 5.50. The first-order valence-corrected chi connectivity index (χ1v) is 7.97. The second-order valence-corrected chi connectivity index (χ2v) is 6.71. The molecule has 1 aromatic carbocycles. The summed E-state index contributed by atoms with van der Waals surface area (Å²) in [6.45, 7) is 1.03. The van der Waals surface area contributed by atoms with Crippen LogP contribution in [-0.2, 0) is 9.36 Å². The molecule has 1 aromatic rings. The first kappa shape index (κ1) is 16.3. The quantitative estimate of drug-likeness (QED) is 0.429. The number of hydrogen-bond donors (Lipinski definition) is 3. The summed E-state index contributed by atoms with van der Waals surface area (Å²) in [5.74, 6) is -0.573. The Morgan fingerprint density at radius 2 is 2.00 bits per heavy atom. The van der Waals surface area contributed by atoms with Gasteiger partial charge in [0.25, 0.3) is 0 Å². The molecule has 0 saturated carbocycles. The molecule has 19 heavy (non-hydrogen) atoms. The van der Waals surface area contributed by atoms with Crippen LogP contribution in [0.1, 0.15) is 24.6 Å². The largest absolute Gasteiger partial charge is 0.333 e. The fourth-order valence-corrected chi connectivity index (χ4v) is 3.43. The molecule has 0 radical (unpaired) electrons. The molecule has 1 atom stereocenters. The van der Waals surface area contributed by atoms with Gasteiger partial charge in [0.2, 0.25) is 5.91 Å². The van der Waals surface area contributed by atoms with Crippen molar-refractivity contribution in [3.05, 3.63) is 34.3 Å². The number of hydrogen-bond acceptors (Lipinski definition) is 3. The third-order valence-corrected chi connectivity index (χ3v) is 4.72. The third kappa shape index (κ3) is 4.71. The number of amides is 1. The lowest BCUT2D eigenvalue weighted by Crippen LogP contribution is -2.26. The Labute approximate surface area is 119 Å². The maximum Gasteiger partial charge on any atom is 0.333 e. The smallest absolute Gasteiger partial charge is 0.324 e. The maximum absolute atomic E-state index is 11.6. The molecule has 0 aliphatic rings. The van der Waals surface area contributed by atoms with Crippen LogP contribution in [0.5, 0.6) is 0 Å². The molecule has 6 nitrogen and oxygen atoms in total. The molecule has 1 amide bonds. The summed E-state index contributed by atoms with van der Waals surface area (Å²) in [6, 6.07) is 6.69. The van der Waals surface area contributed by atoms with Crippen LogP contribution in [0.4, 0.5) is 0 Å². The van der Waals surface area contributed by atoms with Crippen LogP contribution in [0.15, 0.2) is 28.7 Å². The Hall–Kier alpha value is -0.720. The van der Waals surface area contributed by atoms with Crippen LogP contribution in [0.3, 0.4) is 0 Å². The van der Waals surface area contributed by atoms with E-state index < -0.39 is 19.2 Å². The van der Waals surface area contributed by atoms with E-state index in [4.69, 9.17) is 0 Å². The normalized spacial score (nSPS) is 13.1. The summed E-state index contributed by atoms with van der Waals surface area (Å²) in [5.41, 5.74) is -0.620. The molecular formula is C11H15BrNO5P. The summed E-state index contributed by atoms with van der Waals surface area (Å²) in [7, 11) is -4.39. The molecule has 0 aromatic heterocycles. The van der Waals surface area contributed by atoms with Gasteiger partial charge in [-0.3, -0.25) is 14.6 Å². The van der Waals surface area contributed by atoms with Crippen molar-refractivity contribution >= 4 is 29.4 Å². The zero-order valence-corrected chi connectivity index (χ0v) is 12.7. The highest BCUT2D eigenvalue weighted by Gasteiger charge is 2.32. The van der Waals surface area contributed by atoms with Gasteiger partial charge in [0, 0.05) is 17.9 Å². The monoisotopic (exact) mass is 351 g/mol. The van der Waals surface area contributed by atoms with Crippen LogP contribution >= 0.6 is 23.5 Å². The minimum atomic E-state index is -4.39. The lowest BCUT2D eigenvalue weighted by atomic mass is 10.1. The maximum atomic E-state index is 11.6. The van der Waals surface area contributed by atoms with Crippen molar-refractivity contribution < 1.29 is 24.4 Å². The van der Waals surface area contributed by atoms with Crippen molar-refractivity contribution in [2.45, 2.75) is 19.0 Å². The Balaban J connectivity index is 2.95. The predicted octanol–water partition coefficient (Wildman–Crippen LogP) is 2.30. The van der Waals surface area contributed by atoms with Crippen molar-refractivity contribution in [2.24, 2.45) is 0 Å². The van der Waals surface area contributed by atoms with E-state index in [9.17, 15) is 24.4 Å². The van der Waals surface area contributed by atoms with Crippen LogP contribution in [0.25, 0.3) is 0 Å². The fraction of sp³-hybridized carbons (Fsp3) is 0.364. The third-order valence-electron chi connectivity index (χ3n) is 2.65. The Morgan fingerprint density at radius 3 is 2.47 bits per heavy atom. The highest BCUT2D eigenvalue weighted by atomic mass is 79.9. The van der Waals surface area contributed by atoms with Gasteiger partial charge in [0.15, 0.2) is 0 Å². The van der Waals surface area contributed by atoms with Crippen LogP contribution in [0.2, 0.25) is 0 Å². The van der Waals surface area contributed by atoms with Gasteiger partial charge in [-0.15, -0.1) is 0 Å². The van der Waals surface area contributed by atoms with Crippen LogP contribution in [-0.4, -0.2) is 32.5 Å². The van der Waals surface area contributed by atoms with Crippen molar-refractivity contribution in [2.75, 3.05) is 6.54 Å². The molecule has 0 aliphatic carbocycles. The summed E-state index contributed by atoms with van der Waals surface area (Å²) in [4.78, 5) is 29.7. The van der Waals surface area contributed by atoms with Crippen molar-refractivity contribution in [1.29, 1.82) is 0 Å². The van der Waals surface area contributed by atoms with Gasteiger partial charge in [-0.1, -0.05) is 34.1 Å². The van der Waals surface area contributed by atoms with E-state index in [0.29, 0.717) is 15.1 Å². The second kappa shape index (κ2) is 6.63. The minimum Gasteiger partial charge on any atom is -0.324 e. The molecule has 8 heteroatoms. The molecule has 0 saturated heterocycles. The molecule has 106 valence electrons. The van der Waals surface area contributed by atoms with Crippen LogP contribution < -0.4 is 0 Å². The zero-order chi connectivity index (χ0) is 14.6. The van der Waals surface area contributed by atoms with E-state index in [1.807, 2.05) is 0 Å². The van der Waals surface area contributed by atoms with E-state index in [1.165, 1.54) is 6.92 Å². The van der Waals surface area contributed by atoms with Crippen LogP contribution in [0, 0.1) is 0 Å². The number of carbonyl (C=O) groups excluding carboxylic acids is 1. The number of rotatable bonds is 5. The van der Waals surface area contributed by atoms with Crippen molar-refractivity contribution in [3.8, 4) is 0 Å². The standard InChI is InChI=1S/C11H15BrNO5P/c1-8(14)13(15)7-6-11(19(16,17)18)9-4-2-3-5-10(9)12/h2-5,11,15H,6-7H2,1H3,(H2,16,17,18). The van der Waals surface area contributed by atoms with E-state index in [-0.39, 0.29) is 13.0 Å². The topological polar surface area (TPSA) is 98.1 Å². The highest BCUT2D eigenvalue weighted by Crippen LogP contribution is 2.55. The van der Waals surface area contributed by atoms with Gasteiger partial charge in [-0.05, 0) is 18.1 Å². The molecule has 3 N–H and O–H groups in total. The van der Waals surface area contributed by atoms with E-state index in [0.717, 1.165) is 0 Å². The van der Waals surface area contributed by atoms with Gasteiger partial charge in [-0.25, -0.2) is 5.06 Å². The lowest BCUT2D eigenvalue weighted by Gasteiger charge is -2.22. The van der Waals surface area contributed by atoms with Gasteiger partial charge in [0.05, 0.1) is 5.66 Å². The van der Waals surface area contributed by atoms with E-state index in [1.54, 1.807) is 24.3 Å². The summed E-state index contributed by atoms with van der Waals surface area (Å²) < 4.78 is 12.1. The average Bonchev–Trinajstić information content (AvgIpc) is 2.29. The fourth-order valence-electron chi connectivity index (χ4n) is 1.65. The van der Waals surface area contributed by atoms with Gasteiger partial charge >= 0.3 is 7.60 Å². The molecular weight excluding hydrogens is 337 g/mol. The Kier molecular flexibility index (Phi) is 5.70. The minimum absolute atomic E-state index is 0.0387. The number of benzene rings is 1. The van der Waals surface area contributed by atoms with Gasteiger partial charge in [-0.2, -0.15) is 0 Å². The summed E-state index contributed by atoms with van der Waals surface area (Å²) in [6.07, 6.45) is -0.0387. The van der Waals surface area contributed by atoms with E-state index >= 15 is 0 Å². The van der Waals surface area contributed by atoms with Crippen molar-refractivity contribution in [3.63, 3.8) is 0 Å². The molecule has 0 spiro atoms. The number of hydroxylamine groups is 2. The molecule has 1 unspecified atom stereocenters. The Morgan fingerprint density at radius 1 is 1.42 bits per heavy atom. The predicted molar refractivity (Wildman–Crippen MR) is 72.7 cm³/mol. The number of halogens is 1. The molecule has 0 fully saturated rings. The highest BCUT2D eigenvalue weighted by molar-refractivity contribution is 9.10. The Bertz CT molecular complexity index is 504. The average molecular weight is 352 g/mol. The molecule has 0 heterocycles. The summed E-state index contributed by atoms with van der Waals surface area (Å²) in [5, 5.41) is 9.72. The van der Waals surface area contributed by atoms with Gasteiger partial charge < -0.3 is 9.79 Å². The van der Waals surface area contributed by atoms with Crippen molar-refractivity contribution in [1.82, 2.24) is 5.06 Å². The number of carbonyl (C=O) groups is 1. The van der Waals surface area contributed by atoms with Gasteiger partial charge in [0.1, 0.15) is 0 Å². The first-order chi connectivity index (χ1) is 8.73. The lowest BCUT2D eigenvalue weighted by molar-refractivity contribution is -0.162.